The third kappa shape index (κ3) is 19.1. The van der Waals surface area contributed by atoms with Gasteiger partial charge in [-0.1, -0.05) is 151 Å². The van der Waals surface area contributed by atoms with E-state index in [-0.39, 0.29) is 0 Å². The van der Waals surface area contributed by atoms with Crippen molar-refractivity contribution in [1.82, 2.24) is 0 Å². The van der Waals surface area contributed by atoms with Crippen LogP contribution >= 0.6 is 0 Å². The van der Waals surface area contributed by atoms with E-state index in [0.717, 1.165) is 0 Å². The molecule has 0 aliphatic carbocycles. The van der Waals surface area contributed by atoms with E-state index in [4.69, 9.17) is 0 Å². The van der Waals surface area contributed by atoms with Gasteiger partial charge < -0.3 is 0 Å². The SMILES string of the molecule is C/C=C/c1ccccc1C.C/C=C/c1ccccc1C.CC.CC.CC.c1ccccc1. The molecule has 3 rings (SSSR count). The van der Waals surface area contributed by atoms with Gasteiger partial charge in [-0.15, -0.1) is 0 Å². The molecule has 0 aliphatic rings. The Labute approximate surface area is 200 Å². The maximum Gasteiger partial charge on any atom is -0.0231 e. The summed E-state index contributed by atoms with van der Waals surface area (Å²) in [6.07, 6.45) is 8.36. The highest BCUT2D eigenvalue weighted by Crippen LogP contribution is 2.08. The van der Waals surface area contributed by atoms with E-state index in [1.807, 2.05) is 91.8 Å². The molecule has 0 saturated carbocycles. The first kappa shape index (κ1) is 33.8. The lowest BCUT2D eigenvalue weighted by atomic mass is 10.1. The second kappa shape index (κ2) is 28.1. The van der Waals surface area contributed by atoms with Crippen molar-refractivity contribution in [3.05, 3.63) is 119 Å². The zero-order chi connectivity index (χ0) is 25.0. The van der Waals surface area contributed by atoms with Crippen LogP contribution in [0.3, 0.4) is 0 Å². The van der Waals surface area contributed by atoms with Crippen molar-refractivity contribution in [3.63, 3.8) is 0 Å². The molecule has 0 amide bonds. The molecule has 0 heterocycles. The molecule has 0 heteroatoms. The monoisotopic (exact) mass is 432 g/mol. The second-order valence-corrected chi connectivity index (χ2v) is 5.87. The summed E-state index contributed by atoms with van der Waals surface area (Å²) < 4.78 is 0. The van der Waals surface area contributed by atoms with Crippen LogP contribution in [0.5, 0.6) is 0 Å². The summed E-state index contributed by atoms with van der Waals surface area (Å²) in [5, 5.41) is 0. The summed E-state index contributed by atoms with van der Waals surface area (Å²) in [6.45, 7) is 20.3. The van der Waals surface area contributed by atoms with Crippen LogP contribution in [0.15, 0.2) is 97.1 Å². The van der Waals surface area contributed by atoms with Crippen LogP contribution in [0.4, 0.5) is 0 Å². The minimum Gasteiger partial charge on any atom is -0.0871 e. The average Bonchev–Trinajstić information content (AvgIpc) is 2.88. The third-order valence-electron chi connectivity index (χ3n) is 3.74. The van der Waals surface area contributed by atoms with Crippen LogP contribution in [-0.2, 0) is 0 Å². The summed E-state index contributed by atoms with van der Waals surface area (Å²) in [4.78, 5) is 0. The third-order valence-corrected chi connectivity index (χ3v) is 3.74. The Morgan fingerprint density at radius 2 is 0.656 bits per heavy atom. The first-order valence-corrected chi connectivity index (χ1v) is 12.1. The van der Waals surface area contributed by atoms with E-state index in [9.17, 15) is 0 Å². The predicted molar refractivity (Wildman–Crippen MR) is 152 cm³/mol. The molecule has 0 atom stereocenters. The Morgan fingerprint density at radius 3 is 0.875 bits per heavy atom. The minimum atomic E-state index is 1.31. The fourth-order valence-corrected chi connectivity index (χ4v) is 2.29. The average molecular weight is 433 g/mol. The van der Waals surface area contributed by atoms with E-state index in [1.54, 1.807) is 0 Å². The standard InChI is InChI=1S/2C10H12.C6H6.3C2H6/c2*1-3-6-10-8-5-4-7-9(10)2;1-2-4-6-5-3-1;3*1-2/h2*3-8H,1-2H3;1-6H;3*1-2H3/b2*6-3+;;;;. The lowest BCUT2D eigenvalue weighted by Gasteiger charge is -1.96. The van der Waals surface area contributed by atoms with Crippen molar-refractivity contribution < 1.29 is 0 Å². The fourth-order valence-electron chi connectivity index (χ4n) is 2.29. The van der Waals surface area contributed by atoms with Gasteiger partial charge in [-0.25, -0.2) is 0 Å². The van der Waals surface area contributed by atoms with Gasteiger partial charge in [0, 0.05) is 0 Å². The van der Waals surface area contributed by atoms with Crippen molar-refractivity contribution in [3.8, 4) is 0 Å². The molecular formula is C32H48. The van der Waals surface area contributed by atoms with Gasteiger partial charge >= 0.3 is 0 Å². The summed E-state index contributed by atoms with van der Waals surface area (Å²) in [5.74, 6) is 0. The van der Waals surface area contributed by atoms with Gasteiger partial charge in [0.15, 0.2) is 0 Å². The molecule has 0 aliphatic heterocycles. The molecule has 0 unspecified atom stereocenters. The largest absolute Gasteiger partial charge is 0.0871 e. The highest BCUT2D eigenvalue weighted by molar-refractivity contribution is 5.53. The van der Waals surface area contributed by atoms with Gasteiger partial charge in [0.05, 0.1) is 0 Å². The first-order valence-electron chi connectivity index (χ1n) is 12.1. The van der Waals surface area contributed by atoms with Crippen LogP contribution in [0.2, 0.25) is 0 Å². The molecule has 3 aromatic rings. The van der Waals surface area contributed by atoms with Crippen molar-refractivity contribution in [2.24, 2.45) is 0 Å². The summed E-state index contributed by atoms with van der Waals surface area (Å²) in [7, 11) is 0. The Hall–Kier alpha value is -2.86. The maximum atomic E-state index is 2.12. The molecule has 0 saturated heterocycles. The van der Waals surface area contributed by atoms with Gasteiger partial charge in [0.1, 0.15) is 0 Å². The maximum absolute atomic E-state index is 2.12. The molecule has 176 valence electrons. The van der Waals surface area contributed by atoms with E-state index >= 15 is 0 Å². The van der Waals surface area contributed by atoms with Crippen molar-refractivity contribution in [2.45, 2.75) is 69.2 Å². The fraction of sp³-hybridized carbons (Fsp3) is 0.312. The zero-order valence-electron chi connectivity index (χ0n) is 22.4. The molecule has 32 heavy (non-hydrogen) atoms. The molecule has 0 fully saturated rings. The molecule has 0 radical (unpaired) electrons. The van der Waals surface area contributed by atoms with E-state index < -0.39 is 0 Å². The second-order valence-electron chi connectivity index (χ2n) is 5.87. The normalized spacial score (nSPS) is 8.69. The first-order chi connectivity index (χ1) is 15.7. The Bertz CT molecular complexity index is 700. The van der Waals surface area contributed by atoms with Crippen molar-refractivity contribution >= 4 is 12.2 Å². The molecule has 0 spiro atoms. The van der Waals surface area contributed by atoms with E-state index in [0.29, 0.717) is 0 Å². The Morgan fingerprint density at radius 1 is 0.406 bits per heavy atom. The quantitative estimate of drug-likeness (QED) is 0.377. The summed E-state index contributed by atoms with van der Waals surface area (Å²) in [6, 6.07) is 28.7. The molecule has 0 aromatic heterocycles. The highest BCUT2D eigenvalue weighted by atomic mass is 13.9. The number of allylic oxidation sites excluding steroid dienone is 2. The Kier molecular flexibility index (Phi) is 29.7. The lowest BCUT2D eigenvalue weighted by molar-refractivity contribution is 1.44. The van der Waals surface area contributed by atoms with Crippen molar-refractivity contribution in [1.29, 1.82) is 0 Å². The molecule has 0 nitrogen and oxygen atoms in total. The zero-order valence-corrected chi connectivity index (χ0v) is 22.4. The predicted octanol–water partition coefficient (Wildman–Crippen LogP) is 10.8. The molecule has 3 aromatic carbocycles. The molecule has 0 N–H and O–H groups in total. The van der Waals surface area contributed by atoms with Gasteiger partial charge in [-0.2, -0.15) is 0 Å². The topological polar surface area (TPSA) is 0 Å². The van der Waals surface area contributed by atoms with Gasteiger partial charge in [-0.05, 0) is 49.9 Å². The highest BCUT2D eigenvalue weighted by Gasteiger charge is 1.88. The van der Waals surface area contributed by atoms with Crippen LogP contribution < -0.4 is 0 Å². The van der Waals surface area contributed by atoms with E-state index in [2.05, 4.69) is 86.7 Å². The van der Waals surface area contributed by atoms with Gasteiger partial charge in [0.25, 0.3) is 0 Å². The lowest BCUT2D eigenvalue weighted by Crippen LogP contribution is -1.76. The van der Waals surface area contributed by atoms with Crippen LogP contribution in [0, 0.1) is 13.8 Å². The van der Waals surface area contributed by atoms with Gasteiger partial charge in [0.2, 0.25) is 0 Å². The van der Waals surface area contributed by atoms with E-state index in [1.165, 1.54) is 22.3 Å². The number of benzene rings is 3. The Balaban J connectivity index is -0.000000360. The number of hydrogen-bond acceptors (Lipinski definition) is 0. The number of rotatable bonds is 2. The summed E-state index contributed by atoms with van der Waals surface area (Å²) >= 11 is 0. The van der Waals surface area contributed by atoms with Crippen LogP contribution in [0.1, 0.15) is 77.6 Å². The number of hydrogen-bond donors (Lipinski definition) is 0. The number of aryl methyl sites for hydroxylation is 2. The summed E-state index contributed by atoms with van der Waals surface area (Å²) in [5.41, 5.74) is 5.29. The minimum absolute atomic E-state index is 1.31. The van der Waals surface area contributed by atoms with Crippen molar-refractivity contribution in [2.75, 3.05) is 0 Å². The van der Waals surface area contributed by atoms with Gasteiger partial charge in [-0.3, -0.25) is 0 Å². The smallest absolute Gasteiger partial charge is 0.0231 e. The van der Waals surface area contributed by atoms with Crippen LogP contribution in [0.25, 0.3) is 12.2 Å². The molecule has 0 bridgehead atoms. The molecular weight excluding hydrogens is 384 g/mol. The van der Waals surface area contributed by atoms with Crippen LogP contribution in [-0.4, -0.2) is 0 Å².